The quantitative estimate of drug-likeness (QED) is 0.295. The number of hydrogen-bond acceptors (Lipinski definition) is 2. The van der Waals surface area contributed by atoms with E-state index in [2.05, 4.69) is 115 Å². The first-order chi connectivity index (χ1) is 18.7. The maximum atomic E-state index is 7.50. The minimum atomic E-state index is 0.0336. The number of methoxy groups -OCH3 is 1. The van der Waals surface area contributed by atoms with Crippen LogP contribution >= 0.6 is 11.6 Å². The van der Waals surface area contributed by atoms with E-state index in [1.54, 1.807) is 7.11 Å². The summed E-state index contributed by atoms with van der Waals surface area (Å²) in [6, 6.07) is 27.2. The van der Waals surface area contributed by atoms with Gasteiger partial charge in [0.2, 0.25) is 0 Å². The van der Waals surface area contributed by atoms with Crippen LogP contribution in [-0.4, -0.2) is 11.7 Å². The van der Waals surface area contributed by atoms with Crippen LogP contribution in [-0.2, 0) is 50.4 Å². The summed E-state index contributed by atoms with van der Waals surface area (Å²) in [5.74, 6) is 0. The molecule has 38 heavy (non-hydrogen) atoms. The number of rotatable bonds is 5. The second-order valence-electron chi connectivity index (χ2n) is 6.72. The number of anilines is 1. The number of benzene rings is 3. The van der Waals surface area contributed by atoms with Gasteiger partial charge in [-0.25, -0.2) is 0 Å². The van der Waals surface area contributed by atoms with Crippen LogP contribution in [0.3, 0.4) is 0 Å². The first-order valence-corrected chi connectivity index (χ1v) is 11.2. The monoisotopic (exact) mass is 565 g/mol. The molecule has 0 aromatic heterocycles. The molecule has 7 nitrogen and oxygen atoms in total. The summed E-state index contributed by atoms with van der Waals surface area (Å²) in [6.07, 6.45) is 2.18. The van der Waals surface area contributed by atoms with Gasteiger partial charge in [-0.1, -0.05) is 0 Å². The molecule has 1 unspecified atom stereocenters. The van der Waals surface area contributed by atoms with Gasteiger partial charge in [0.05, 0.1) is 0 Å². The molecule has 0 saturated carbocycles. The Hall–Kier alpha value is -3.45. The molecule has 9 heteroatoms. The predicted molar refractivity (Wildman–Crippen MR) is 133 cm³/mol. The molecule has 0 fully saturated rings. The van der Waals surface area contributed by atoms with E-state index in [0.717, 1.165) is 33.0 Å². The van der Waals surface area contributed by atoms with Crippen molar-refractivity contribution in [1.82, 2.24) is 0 Å². The third-order valence-corrected chi connectivity index (χ3v) is 5.81. The molecule has 1 aliphatic heterocycles. The molecule has 0 bridgehead atoms. The summed E-state index contributed by atoms with van der Waals surface area (Å²) in [6.45, 7) is 23.3. The van der Waals surface area contributed by atoms with Crippen LogP contribution < -0.4 is 4.90 Å². The van der Waals surface area contributed by atoms with Gasteiger partial charge in [-0.2, -0.15) is 0 Å². The first kappa shape index (κ1) is 36.7. The molecule has 0 amide bonds. The van der Waals surface area contributed by atoms with E-state index in [1.807, 2.05) is 24.3 Å². The van der Waals surface area contributed by atoms with Gasteiger partial charge in [-0.05, 0) is 0 Å². The number of halogens is 1. The van der Waals surface area contributed by atoms with Crippen LogP contribution in [0.25, 0.3) is 6.08 Å². The van der Waals surface area contributed by atoms with Crippen molar-refractivity contribution in [2.24, 2.45) is 0 Å². The summed E-state index contributed by atoms with van der Waals surface area (Å²) in [7, 11) is 1.70. The number of nitrogens with zero attached hydrogens (tertiary/aromatic N) is 1. The van der Waals surface area contributed by atoms with Crippen LogP contribution in [0.15, 0.2) is 84.4 Å². The van der Waals surface area contributed by atoms with E-state index in [4.69, 9.17) is 39.6 Å². The van der Waals surface area contributed by atoms with E-state index in [-0.39, 0.29) is 6.04 Å². The van der Waals surface area contributed by atoms with Crippen molar-refractivity contribution < 1.29 is 43.8 Å². The molecule has 3 aromatic carbocycles. The number of ether oxygens (including phenoxy) is 1. The molecular weight excluding hydrogens is 546 g/mol. The van der Waals surface area contributed by atoms with E-state index >= 15 is 0 Å². The maximum absolute atomic E-state index is 7.50. The molecule has 0 radical (unpaired) electrons. The van der Waals surface area contributed by atoms with E-state index in [1.165, 1.54) is 11.1 Å². The first-order valence-electron chi connectivity index (χ1n) is 10.1. The molecule has 1 heterocycles. The Kier molecular flexibility index (Phi) is 22.0. The fourth-order valence-corrected chi connectivity index (χ4v) is 4.14. The molecule has 1 aliphatic rings. The fourth-order valence-electron chi connectivity index (χ4n) is 3.70. The molecule has 4 rings (SSSR count). The van der Waals surface area contributed by atoms with Crippen molar-refractivity contribution in [3.63, 3.8) is 0 Å². The Labute approximate surface area is 235 Å². The Bertz CT molecular complexity index is 1220. The Balaban J connectivity index is 0. The van der Waals surface area contributed by atoms with Crippen molar-refractivity contribution in [2.45, 2.75) is 12.6 Å². The van der Waals surface area contributed by atoms with Gasteiger partial charge in [0.15, 0.2) is 0 Å². The van der Waals surface area contributed by atoms with Crippen LogP contribution in [0.2, 0.25) is 5.02 Å². The molecular formula is C29H20ClCrNO6. The van der Waals surface area contributed by atoms with Gasteiger partial charge in [-0.3, -0.25) is 0 Å². The molecule has 190 valence electrons. The van der Waals surface area contributed by atoms with Crippen molar-refractivity contribution in [1.29, 1.82) is 0 Å². The summed E-state index contributed by atoms with van der Waals surface area (Å²) in [4.78, 5) is 2.42. The topological polar surface area (TPSA) is 112 Å². The van der Waals surface area contributed by atoms with Crippen LogP contribution in [0.1, 0.15) is 22.7 Å². The zero-order chi connectivity index (χ0) is 29.5. The van der Waals surface area contributed by atoms with Crippen LogP contribution in [0.5, 0.6) is 0 Å². The van der Waals surface area contributed by atoms with Gasteiger partial charge in [0, 0.05) is 0 Å². The van der Waals surface area contributed by atoms with Crippen LogP contribution in [0, 0.1) is 33.3 Å². The van der Waals surface area contributed by atoms with Crippen molar-refractivity contribution >= 4 is 27.9 Å². The van der Waals surface area contributed by atoms with Crippen LogP contribution in [0.4, 0.5) is 5.69 Å². The molecule has 3 aromatic rings. The molecule has 0 spiro atoms. The minimum absolute atomic E-state index is 0.0336. The van der Waals surface area contributed by atoms with Gasteiger partial charge in [0.1, 0.15) is 0 Å². The Morgan fingerprint density at radius 1 is 0.816 bits per heavy atom. The fraction of sp³-hybridized carbons (Fsp3) is 0.103. The summed E-state index contributed by atoms with van der Waals surface area (Å²) < 4.78 is 43.9. The Morgan fingerprint density at radius 3 is 1.82 bits per heavy atom. The number of fused-ring (bicyclic) bond motifs is 1. The molecule has 0 N–H and O–H groups in total. The van der Waals surface area contributed by atoms with Crippen molar-refractivity contribution in [3.8, 4) is 0 Å². The molecule has 1 atom stereocenters. The zero-order valence-corrected chi connectivity index (χ0v) is 22.1. The SMILES string of the molecule is CO[C](=[Cr])C1=Cc2cc(Cl)ccc2N(Cc2ccccc2)C1c1ccccc1.[C-]#[O+].[C-]#[O+].[C-]#[O+].[C-]#[O+].[C-]#[O+]. The van der Waals surface area contributed by atoms with Gasteiger partial charge < -0.3 is 0 Å². The van der Waals surface area contributed by atoms with Crippen molar-refractivity contribution in [3.05, 3.63) is 139 Å². The summed E-state index contributed by atoms with van der Waals surface area (Å²) >= 11 is 9.40. The predicted octanol–water partition coefficient (Wildman–Crippen LogP) is 5.62. The molecule has 0 saturated heterocycles. The van der Waals surface area contributed by atoms with Gasteiger partial charge in [0.25, 0.3) is 0 Å². The third-order valence-electron chi connectivity index (χ3n) is 4.95. The zero-order valence-electron chi connectivity index (χ0n) is 20.1. The average molecular weight is 566 g/mol. The summed E-state index contributed by atoms with van der Waals surface area (Å²) in [5.41, 5.74) is 5.82. The summed E-state index contributed by atoms with van der Waals surface area (Å²) in [5, 5.41) is 0.728. The molecule has 0 aliphatic carbocycles. The van der Waals surface area contributed by atoms with Gasteiger partial charge >= 0.3 is 236 Å². The average Bonchev–Trinajstić information content (AvgIpc) is 3.02. The second kappa shape index (κ2) is 22.7. The Morgan fingerprint density at radius 2 is 1.32 bits per heavy atom. The normalized spacial score (nSPS) is 11.8. The second-order valence-corrected chi connectivity index (χ2v) is 7.74. The number of hydrogen-bond donors (Lipinski definition) is 0. The standard InChI is InChI=1S/C24H20ClNO.5CO.Cr/c1-27-17-21-14-20-15-22(25)12-13-23(20)26(16-18-8-4-2-5-9-18)24(21)19-10-6-3-7-11-19;5*1-2;/h2-15,24H,16H2,1H3;;;;;;. The van der Waals surface area contributed by atoms with E-state index in [9.17, 15) is 0 Å². The van der Waals surface area contributed by atoms with Crippen molar-refractivity contribution in [2.75, 3.05) is 12.0 Å². The van der Waals surface area contributed by atoms with Gasteiger partial charge in [-0.15, -0.1) is 0 Å². The third kappa shape index (κ3) is 10.5. The van der Waals surface area contributed by atoms with E-state index < -0.39 is 0 Å². The van der Waals surface area contributed by atoms with E-state index in [0.29, 0.717) is 0 Å².